The molecule has 0 spiro atoms. The van der Waals surface area contributed by atoms with Crippen LogP contribution in [0.1, 0.15) is 30.4 Å². The second-order valence-corrected chi connectivity index (χ2v) is 6.71. The highest BCUT2D eigenvalue weighted by Gasteiger charge is 2.20. The summed E-state index contributed by atoms with van der Waals surface area (Å²) in [6.07, 6.45) is 5.46. The molecule has 1 unspecified atom stereocenters. The van der Waals surface area contributed by atoms with Gasteiger partial charge >= 0.3 is 0 Å². The lowest BCUT2D eigenvalue weighted by atomic mass is 10.1. The van der Waals surface area contributed by atoms with Crippen LogP contribution in [0.2, 0.25) is 5.02 Å². The van der Waals surface area contributed by atoms with Crippen molar-refractivity contribution >= 4 is 28.5 Å². The molecule has 1 aromatic heterocycles. The van der Waals surface area contributed by atoms with E-state index in [1.807, 2.05) is 26.1 Å². The van der Waals surface area contributed by atoms with Crippen LogP contribution >= 0.6 is 11.6 Å². The molecule has 0 saturated carbocycles. The van der Waals surface area contributed by atoms with Gasteiger partial charge in [0.05, 0.1) is 18.8 Å². The third-order valence-electron chi connectivity index (χ3n) is 4.45. The molecule has 23 heavy (non-hydrogen) atoms. The minimum Gasteiger partial charge on any atom is -0.464 e. The Morgan fingerprint density at radius 1 is 1.39 bits per heavy atom. The van der Waals surface area contributed by atoms with E-state index < -0.39 is 0 Å². The molecule has 1 aliphatic rings. The van der Waals surface area contributed by atoms with Gasteiger partial charge in [0.1, 0.15) is 5.58 Å². The van der Waals surface area contributed by atoms with E-state index in [0.29, 0.717) is 18.0 Å². The molecule has 1 aliphatic heterocycles. The topological polar surface area (TPSA) is 42.7 Å². The molecule has 1 saturated heterocycles. The number of halogens is 1. The first-order chi connectivity index (χ1) is 11.0. The second-order valence-electron chi connectivity index (χ2n) is 6.30. The standard InChI is InChI=1S/C18H22ClNO3/c1-12-7-17-15(9-16(12)19)13(11-23-17)8-18(21)20(2)10-14-5-3-4-6-22-14/h7,9,11,14H,3-6,8,10H2,1-2H3. The van der Waals surface area contributed by atoms with Crippen LogP contribution < -0.4 is 0 Å². The van der Waals surface area contributed by atoms with E-state index in [0.717, 1.165) is 41.5 Å². The Hall–Kier alpha value is -1.52. The number of aryl methyl sites for hydroxylation is 1. The van der Waals surface area contributed by atoms with Gasteiger partial charge in [0.15, 0.2) is 0 Å². The van der Waals surface area contributed by atoms with Crippen LogP contribution in [0.5, 0.6) is 0 Å². The van der Waals surface area contributed by atoms with Gasteiger partial charge in [-0.15, -0.1) is 0 Å². The van der Waals surface area contributed by atoms with E-state index in [1.165, 1.54) is 6.42 Å². The molecule has 1 fully saturated rings. The zero-order valence-electron chi connectivity index (χ0n) is 13.6. The molecule has 5 heteroatoms. The quantitative estimate of drug-likeness (QED) is 0.849. The maximum Gasteiger partial charge on any atom is 0.226 e. The summed E-state index contributed by atoms with van der Waals surface area (Å²) in [7, 11) is 1.83. The molecule has 4 nitrogen and oxygen atoms in total. The van der Waals surface area contributed by atoms with Crippen molar-refractivity contribution in [1.29, 1.82) is 0 Å². The lowest BCUT2D eigenvalue weighted by molar-refractivity contribution is -0.131. The number of rotatable bonds is 4. The SMILES string of the molecule is Cc1cc2occ(CC(=O)N(C)CC3CCCCO3)c2cc1Cl. The third kappa shape index (κ3) is 3.70. The number of amides is 1. The zero-order valence-corrected chi connectivity index (χ0v) is 14.4. The fourth-order valence-corrected chi connectivity index (χ4v) is 3.16. The minimum absolute atomic E-state index is 0.0681. The van der Waals surface area contributed by atoms with Crippen LogP contribution in [0, 0.1) is 6.92 Å². The van der Waals surface area contributed by atoms with Crippen LogP contribution in [0.15, 0.2) is 22.8 Å². The number of fused-ring (bicyclic) bond motifs is 1. The molecule has 1 aromatic carbocycles. The molecule has 0 bridgehead atoms. The molecule has 0 N–H and O–H groups in total. The van der Waals surface area contributed by atoms with Gasteiger partial charge in [0.2, 0.25) is 5.91 Å². The molecule has 1 amide bonds. The lowest BCUT2D eigenvalue weighted by Crippen LogP contribution is -2.37. The highest BCUT2D eigenvalue weighted by atomic mass is 35.5. The summed E-state index contributed by atoms with van der Waals surface area (Å²) in [6.45, 7) is 3.39. The Labute approximate surface area is 141 Å². The Balaban J connectivity index is 1.68. The number of furan rings is 1. The third-order valence-corrected chi connectivity index (χ3v) is 4.86. The van der Waals surface area contributed by atoms with Crippen LogP contribution in [0.3, 0.4) is 0 Å². The van der Waals surface area contributed by atoms with Gasteiger partial charge in [-0.25, -0.2) is 0 Å². The van der Waals surface area contributed by atoms with E-state index >= 15 is 0 Å². The summed E-state index contributed by atoms with van der Waals surface area (Å²) < 4.78 is 11.3. The van der Waals surface area contributed by atoms with Gasteiger partial charge in [0, 0.05) is 36.2 Å². The highest BCUT2D eigenvalue weighted by Crippen LogP contribution is 2.28. The number of likely N-dealkylation sites (N-methyl/N-ethyl adjacent to an activating group) is 1. The summed E-state index contributed by atoms with van der Waals surface area (Å²) in [6, 6.07) is 3.79. The number of benzene rings is 1. The fourth-order valence-electron chi connectivity index (χ4n) is 3.00. The van der Waals surface area contributed by atoms with Gasteiger partial charge in [-0.1, -0.05) is 11.6 Å². The Morgan fingerprint density at radius 3 is 2.96 bits per heavy atom. The first kappa shape index (κ1) is 16.3. The maximum absolute atomic E-state index is 12.5. The van der Waals surface area contributed by atoms with E-state index in [1.54, 1.807) is 11.2 Å². The summed E-state index contributed by atoms with van der Waals surface area (Å²) in [5, 5.41) is 1.60. The predicted molar refractivity (Wildman–Crippen MR) is 90.9 cm³/mol. The largest absolute Gasteiger partial charge is 0.464 e. The highest BCUT2D eigenvalue weighted by molar-refractivity contribution is 6.32. The monoisotopic (exact) mass is 335 g/mol. The number of hydrogen-bond acceptors (Lipinski definition) is 3. The number of ether oxygens (including phenoxy) is 1. The van der Waals surface area contributed by atoms with E-state index in [2.05, 4.69) is 0 Å². The molecule has 1 atom stereocenters. The van der Waals surface area contributed by atoms with Gasteiger partial charge in [-0.3, -0.25) is 4.79 Å². The fraction of sp³-hybridized carbons (Fsp3) is 0.500. The number of carbonyl (C=O) groups excluding carboxylic acids is 1. The average Bonchev–Trinajstić information content (AvgIpc) is 2.91. The molecule has 2 heterocycles. The van der Waals surface area contributed by atoms with Crippen molar-refractivity contribution in [3.8, 4) is 0 Å². The first-order valence-corrected chi connectivity index (χ1v) is 8.44. The first-order valence-electron chi connectivity index (χ1n) is 8.06. The number of hydrogen-bond donors (Lipinski definition) is 0. The molecule has 3 rings (SSSR count). The summed E-state index contributed by atoms with van der Waals surface area (Å²) in [5.41, 5.74) is 2.62. The average molecular weight is 336 g/mol. The van der Waals surface area contributed by atoms with E-state index in [4.69, 9.17) is 20.8 Å². The Kier molecular flexibility index (Phi) is 4.93. The molecular weight excluding hydrogens is 314 g/mol. The molecule has 124 valence electrons. The van der Waals surface area contributed by atoms with Crippen molar-refractivity contribution < 1.29 is 13.9 Å². The van der Waals surface area contributed by atoms with E-state index in [-0.39, 0.29) is 12.0 Å². The maximum atomic E-state index is 12.5. The van der Waals surface area contributed by atoms with E-state index in [9.17, 15) is 4.79 Å². The summed E-state index contributed by atoms with van der Waals surface area (Å²) in [5.74, 6) is 0.0681. The zero-order chi connectivity index (χ0) is 16.4. The lowest BCUT2D eigenvalue weighted by Gasteiger charge is -2.27. The minimum atomic E-state index is 0.0681. The second kappa shape index (κ2) is 6.93. The molecule has 0 aliphatic carbocycles. The number of nitrogens with zero attached hydrogens (tertiary/aromatic N) is 1. The van der Waals surface area contributed by atoms with Crippen molar-refractivity contribution in [2.24, 2.45) is 0 Å². The van der Waals surface area contributed by atoms with Crippen LogP contribution in [-0.2, 0) is 16.0 Å². The van der Waals surface area contributed by atoms with Crippen LogP contribution in [0.4, 0.5) is 0 Å². The predicted octanol–water partition coefficient (Wildman–Crippen LogP) is 3.96. The van der Waals surface area contributed by atoms with Crippen molar-refractivity contribution in [2.45, 2.75) is 38.7 Å². The number of carbonyl (C=O) groups is 1. The van der Waals surface area contributed by atoms with Gasteiger partial charge in [0.25, 0.3) is 0 Å². The van der Waals surface area contributed by atoms with Crippen molar-refractivity contribution in [3.05, 3.63) is 34.5 Å². The molecular formula is C18H22ClNO3. The Bertz CT molecular complexity index is 704. The Morgan fingerprint density at radius 2 is 2.22 bits per heavy atom. The summed E-state index contributed by atoms with van der Waals surface area (Å²) in [4.78, 5) is 14.2. The van der Waals surface area contributed by atoms with Crippen molar-refractivity contribution in [3.63, 3.8) is 0 Å². The molecule has 2 aromatic rings. The van der Waals surface area contributed by atoms with Gasteiger partial charge in [-0.05, 0) is 43.9 Å². The van der Waals surface area contributed by atoms with Gasteiger partial charge in [-0.2, -0.15) is 0 Å². The van der Waals surface area contributed by atoms with Crippen LogP contribution in [-0.4, -0.2) is 37.1 Å². The normalized spacial score (nSPS) is 18.3. The van der Waals surface area contributed by atoms with Crippen molar-refractivity contribution in [2.75, 3.05) is 20.2 Å². The summed E-state index contributed by atoms with van der Waals surface area (Å²) >= 11 is 6.19. The van der Waals surface area contributed by atoms with Crippen molar-refractivity contribution in [1.82, 2.24) is 4.90 Å². The van der Waals surface area contributed by atoms with Crippen LogP contribution in [0.25, 0.3) is 11.0 Å². The smallest absolute Gasteiger partial charge is 0.226 e. The molecule has 0 radical (unpaired) electrons. The van der Waals surface area contributed by atoms with Gasteiger partial charge < -0.3 is 14.1 Å².